The Morgan fingerprint density at radius 3 is 2.56 bits per heavy atom. The van der Waals surface area contributed by atoms with Gasteiger partial charge in [-0.1, -0.05) is 23.2 Å². The van der Waals surface area contributed by atoms with Crippen molar-refractivity contribution < 1.29 is 4.74 Å². The molecular formula is C12H8BrCl3OS. The summed E-state index contributed by atoms with van der Waals surface area (Å²) in [6.07, 6.45) is 0. The predicted molar refractivity (Wildman–Crippen MR) is 82.7 cm³/mol. The van der Waals surface area contributed by atoms with Crippen molar-refractivity contribution in [2.75, 3.05) is 7.11 Å². The molecule has 0 amide bonds. The van der Waals surface area contributed by atoms with Gasteiger partial charge in [0, 0.05) is 15.5 Å². The van der Waals surface area contributed by atoms with Crippen LogP contribution in [-0.2, 0) is 0 Å². The van der Waals surface area contributed by atoms with Gasteiger partial charge in [-0.05, 0) is 40.2 Å². The van der Waals surface area contributed by atoms with Gasteiger partial charge in [0.2, 0.25) is 0 Å². The molecule has 0 bridgehead atoms. The SMILES string of the molecule is COc1ccc(Cl)cc1C(Cl)c1cc(Cl)c(Br)s1. The van der Waals surface area contributed by atoms with Crippen molar-refractivity contribution in [2.45, 2.75) is 5.38 Å². The van der Waals surface area contributed by atoms with Crippen LogP contribution >= 0.6 is 62.1 Å². The molecule has 1 nitrogen and oxygen atoms in total. The van der Waals surface area contributed by atoms with Crippen molar-refractivity contribution in [1.29, 1.82) is 0 Å². The molecule has 96 valence electrons. The number of hydrogen-bond donors (Lipinski definition) is 0. The number of methoxy groups -OCH3 is 1. The lowest BCUT2D eigenvalue weighted by molar-refractivity contribution is 0.410. The Balaban J connectivity index is 2.44. The quantitative estimate of drug-likeness (QED) is 0.575. The summed E-state index contributed by atoms with van der Waals surface area (Å²) in [5, 5.41) is 0.937. The Morgan fingerprint density at radius 1 is 1.28 bits per heavy atom. The van der Waals surface area contributed by atoms with Gasteiger partial charge in [-0.2, -0.15) is 0 Å². The molecule has 1 aromatic heterocycles. The fourth-order valence-corrected chi connectivity index (χ4v) is 3.84. The first-order chi connectivity index (χ1) is 8.52. The molecule has 6 heteroatoms. The van der Waals surface area contributed by atoms with Gasteiger partial charge in [0.15, 0.2) is 0 Å². The maximum atomic E-state index is 6.47. The molecule has 0 fully saturated rings. The Kier molecular flexibility index (Phi) is 4.84. The highest BCUT2D eigenvalue weighted by molar-refractivity contribution is 9.11. The number of ether oxygens (including phenoxy) is 1. The Morgan fingerprint density at radius 2 is 2.00 bits per heavy atom. The molecule has 1 unspecified atom stereocenters. The van der Waals surface area contributed by atoms with E-state index in [0.717, 1.165) is 14.2 Å². The largest absolute Gasteiger partial charge is 0.496 e. The molecule has 0 aliphatic carbocycles. The lowest BCUT2D eigenvalue weighted by Crippen LogP contribution is -1.95. The predicted octanol–water partition coefficient (Wildman–Crippen LogP) is 6.15. The molecule has 0 spiro atoms. The van der Waals surface area contributed by atoms with Crippen molar-refractivity contribution in [3.05, 3.63) is 48.5 Å². The maximum Gasteiger partial charge on any atom is 0.124 e. The van der Waals surface area contributed by atoms with Crippen LogP contribution in [0.5, 0.6) is 5.75 Å². The standard InChI is InChI=1S/C12H8BrCl3OS/c1-17-9-3-2-6(14)4-7(9)11(16)10-5-8(15)12(13)18-10/h2-5,11H,1H3. The molecule has 0 saturated carbocycles. The molecule has 0 aliphatic rings. The van der Waals surface area contributed by atoms with Gasteiger partial charge in [-0.25, -0.2) is 0 Å². The van der Waals surface area contributed by atoms with Crippen LogP contribution < -0.4 is 4.74 Å². The summed E-state index contributed by atoms with van der Waals surface area (Å²) in [6.45, 7) is 0. The van der Waals surface area contributed by atoms with Crippen LogP contribution in [0.4, 0.5) is 0 Å². The number of benzene rings is 1. The summed E-state index contributed by atoms with van der Waals surface area (Å²) in [7, 11) is 1.60. The van der Waals surface area contributed by atoms with E-state index in [9.17, 15) is 0 Å². The van der Waals surface area contributed by atoms with Crippen molar-refractivity contribution in [2.24, 2.45) is 0 Å². The average Bonchev–Trinajstić information content (AvgIpc) is 2.68. The fourth-order valence-electron chi connectivity index (χ4n) is 1.54. The van der Waals surface area contributed by atoms with E-state index >= 15 is 0 Å². The number of rotatable bonds is 3. The highest BCUT2D eigenvalue weighted by Crippen LogP contribution is 2.43. The molecule has 0 N–H and O–H groups in total. The lowest BCUT2D eigenvalue weighted by Gasteiger charge is -2.13. The Hall–Kier alpha value is 0.0700. The van der Waals surface area contributed by atoms with Gasteiger partial charge >= 0.3 is 0 Å². The number of halogens is 4. The topological polar surface area (TPSA) is 9.23 Å². The van der Waals surface area contributed by atoms with E-state index < -0.39 is 0 Å². The summed E-state index contributed by atoms with van der Waals surface area (Å²) >= 11 is 23.3. The van der Waals surface area contributed by atoms with Crippen LogP contribution in [-0.4, -0.2) is 7.11 Å². The minimum absolute atomic E-state index is 0.340. The van der Waals surface area contributed by atoms with Gasteiger partial charge in [-0.3, -0.25) is 0 Å². The van der Waals surface area contributed by atoms with E-state index in [1.807, 2.05) is 6.07 Å². The Bertz CT molecular complexity index is 551. The normalized spacial score (nSPS) is 12.5. The summed E-state index contributed by atoms with van der Waals surface area (Å²) in [6, 6.07) is 7.22. The van der Waals surface area contributed by atoms with E-state index in [4.69, 9.17) is 39.5 Å². The van der Waals surface area contributed by atoms with Crippen molar-refractivity contribution >= 4 is 62.1 Å². The van der Waals surface area contributed by atoms with Gasteiger partial charge in [0.05, 0.1) is 21.3 Å². The van der Waals surface area contributed by atoms with E-state index in [1.165, 1.54) is 11.3 Å². The number of alkyl halides is 1. The lowest BCUT2D eigenvalue weighted by atomic mass is 10.1. The van der Waals surface area contributed by atoms with Crippen LogP contribution in [0.1, 0.15) is 15.8 Å². The molecule has 1 atom stereocenters. The second-order valence-corrected chi connectivity index (χ2v) is 7.20. The summed E-state index contributed by atoms with van der Waals surface area (Å²) < 4.78 is 6.16. The van der Waals surface area contributed by atoms with Crippen LogP contribution in [0, 0.1) is 0 Å². The van der Waals surface area contributed by atoms with Crippen LogP contribution in [0.2, 0.25) is 10.0 Å². The van der Waals surface area contributed by atoms with Gasteiger partial charge in [0.25, 0.3) is 0 Å². The minimum atomic E-state index is -0.340. The summed E-state index contributed by atoms with van der Waals surface area (Å²) in [5.41, 5.74) is 0.831. The zero-order valence-electron chi connectivity index (χ0n) is 9.22. The van der Waals surface area contributed by atoms with Crippen LogP contribution in [0.25, 0.3) is 0 Å². The highest BCUT2D eigenvalue weighted by atomic mass is 79.9. The van der Waals surface area contributed by atoms with Crippen molar-refractivity contribution in [3.63, 3.8) is 0 Å². The molecule has 0 saturated heterocycles. The molecule has 2 rings (SSSR count). The fraction of sp³-hybridized carbons (Fsp3) is 0.167. The number of thiophene rings is 1. The maximum absolute atomic E-state index is 6.47. The smallest absolute Gasteiger partial charge is 0.124 e. The zero-order valence-corrected chi connectivity index (χ0v) is 13.9. The van der Waals surface area contributed by atoms with Crippen LogP contribution in [0.3, 0.4) is 0 Å². The third kappa shape index (κ3) is 2.97. The minimum Gasteiger partial charge on any atom is -0.496 e. The molecule has 0 aliphatic heterocycles. The van der Waals surface area contributed by atoms with Gasteiger partial charge < -0.3 is 4.74 Å². The summed E-state index contributed by atoms with van der Waals surface area (Å²) in [5.74, 6) is 0.708. The van der Waals surface area contributed by atoms with E-state index in [0.29, 0.717) is 15.8 Å². The molecule has 0 radical (unpaired) electrons. The van der Waals surface area contributed by atoms with Crippen molar-refractivity contribution in [3.8, 4) is 5.75 Å². The first-order valence-corrected chi connectivity index (χ1v) is 7.75. The monoisotopic (exact) mass is 384 g/mol. The second-order valence-electron chi connectivity index (χ2n) is 3.52. The number of hydrogen-bond acceptors (Lipinski definition) is 2. The van der Waals surface area contributed by atoms with E-state index in [1.54, 1.807) is 25.3 Å². The third-order valence-electron chi connectivity index (χ3n) is 2.38. The third-order valence-corrected chi connectivity index (χ3v) is 5.75. The van der Waals surface area contributed by atoms with E-state index in [-0.39, 0.29) is 5.38 Å². The highest BCUT2D eigenvalue weighted by Gasteiger charge is 2.19. The Labute approximate surface area is 133 Å². The van der Waals surface area contributed by atoms with Gasteiger partial charge in [-0.15, -0.1) is 22.9 Å². The molecule has 1 aromatic carbocycles. The molecular weight excluding hydrogens is 378 g/mol. The van der Waals surface area contributed by atoms with Crippen molar-refractivity contribution in [1.82, 2.24) is 0 Å². The first kappa shape index (κ1) is 14.5. The van der Waals surface area contributed by atoms with E-state index in [2.05, 4.69) is 15.9 Å². The zero-order chi connectivity index (χ0) is 13.3. The molecule has 2 aromatic rings. The first-order valence-electron chi connectivity index (χ1n) is 4.95. The molecule has 1 heterocycles. The summed E-state index contributed by atoms with van der Waals surface area (Å²) in [4.78, 5) is 0.939. The second kappa shape index (κ2) is 6.02. The van der Waals surface area contributed by atoms with Crippen LogP contribution in [0.15, 0.2) is 28.1 Å². The molecule has 18 heavy (non-hydrogen) atoms. The van der Waals surface area contributed by atoms with Gasteiger partial charge in [0.1, 0.15) is 5.75 Å². The average molecular weight is 387 g/mol.